The minimum absolute atomic E-state index is 0.00115. The van der Waals surface area contributed by atoms with Crippen molar-refractivity contribution in [2.45, 2.75) is 12.1 Å². The molecule has 0 heterocycles. The van der Waals surface area contributed by atoms with Gasteiger partial charge in [-0.1, -0.05) is 39.7 Å². The molecule has 0 aliphatic rings. The minimum Gasteiger partial charge on any atom is -0.462 e. The van der Waals surface area contributed by atoms with Crippen LogP contribution in [0.2, 0.25) is 0 Å². The first-order valence-electron chi connectivity index (χ1n) is 4.75. The van der Waals surface area contributed by atoms with Crippen molar-refractivity contribution in [3.05, 3.63) is 34.3 Å². The van der Waals surface area contributed by atoms with E-state index in [1.165, 1.54) is 19.1 Å². The quantitative estimate of drug-likeness (QED) is 0.370. The van der Waals surface area contributed by atoms with Gasteiger partial charge in [-0.3, -0.25) is 4.79 Å². The third-order valence-electron chi connectivity index (χ3n) is 1.92. The first-order valence-corrected chi connectivity index (χ1v) is 5.92. The van der Waals surface area contributed by atoms with Crippen molar-refractivity contribution in [3.63, 3.8) is 0 Å². The SMILES string of the molecule is CCOC(=O)C(F)(Cl)C(=O)c1ccc(Br)cc1. The molecule has 0 aliphatic carbocycles. The summed E-state index contributed by atoms with van der Waals surface area (Å²) >= 11 is 8.46. The number of carbonyl (C=O) groups is 2. The molecule has 0 spiro atoms. The van der Waals surface area contributed by atoms with Gasteiger partial charge in [0.25, 0.3) is 0 Å². The van der Waals surface area contributed by atoms with Gasteiger partial charge in [0, 0.05) is 10.0 Å². The summed E-state index contributed by atoms with van der Waals surface area (Å²) < 4.78 is 18.9. The lowest BCUT2D eigenvalue weighted by Gasteiger charge is -2.14. The number of ether oxygens (including phenoxy) is 1. The summed E-state index contributed by atoms with van der Waals surface area (Å²) in [4.78, 5) is 22.9. The van der Waals surface area contributed by atoms with Gasteiger partial charge in [-0.05, 0) is 19.1 Å². The van der Waals surface area contributed by atoms with Crippen molar-refractivity contribution >= 4 is 39.3 Å². The van der Waals surface area contributed by atoms with Crippen LogP contribution in [0.5, 0.6) is 0 Å². The van der Waals surface area contributed by atoms with Gasteiger partial charge in [-0.2, -0.15) is 0 Å². The van der Waals surface area contributed by atoms with Crippen molar-refractivity contribution in [2.75, 3.05) is 6.61 Å². The summed E-state index contributed by atoms with van der Waals surface area (Å²) in [6.07, 6.45) is 0. The maximum absolute atomic E-state index is 13.8. The summed E-state index contributed by atoms with van der Waals surface area (Å²) in [5.41, 5.74) is -0.00115. The fourth-order valence-electron chi connectivity index (χ4n) is 1.10. The van der Waals surface area contributed by atoms with Crippen molar-refractivity contribution in [2.24, 2.45) is 0 Å². The number of rotatable bonds is 4. The Hall–Kier alpha value is -0.940. The molecule has 0 fully saturated rings. The van der Waals surface area contributed by atoms with Gasteiger partial charge >= 0.3 is 11.1 Å². The van der Waals surface area contributed by atoms with Crippen LogP contribution < -0.4 is 0 Å². The second-order valence-electron chi connectivity index (χ2n) is 3.13. The van der Waals surface area contributed by atoms with E-state index < -0.39 is 16.9 Å². The number of carbonyl (C=O) groups excluding carboxylic acids is 2. The maximum Gasteiger partial charge on any atom is 0.368 e. The zero-order chi connectivity index (χ0) is 13.1. The second-order valence-corrected chi connectivity index (χ2v) is 4.57. The van der Waals surface area contributed by atoms with Crippen LogP contribution in [0, 0.1) is 0 Å². The van der Waals surface area contributed by atoms with Crippen LogP contribution in [-0.4, -0.2) is 23.5 Å². The Kier molecular flexibility index (Phi) is 4.65. The second kappa shape index (κ2) is 5.60. The predicted octanol–water partition coefficient (Wildman–Crippen LogP) is 3.10. The molecular weight excluding hydrogens is 314 g/mol. The van der Waals surface area contributed by atoms with Crippen molar-refractivity contribution in [1.29, 1.82) is 0 Å². The molecule has 6 heteroatoms. The van der Waals surface area contributed by atoms with Gasteiger partial charge in [0.1, 0.15) is 0 Å². The third-order valence-corrected chi connectivity index (χ3v) is 2.78. The molecule has 17 heavy (non-hydrogen) atoms. The largest absolute Gasteiger partial charge is 0.462 e. The molecule has 0 saturated carbocycles. The molecule has 0 aliphatic heterocycles. The first kappa shape index (κ1) is 14.1. The fraction of sp³-hybridized carbons (Fsp3) is 0.273. The van der Waals surface area contributed by atoms with E-state index in [2.05, 4.69) is 20.7 Å². The number of hydrogen-bond acceptors (Lipinski definition) is 3. The molecule has 1 rings (SSSR count). The van der Waals surface area contributed by atoms with E-state index in [0.717, 1.165) is 4.47 Å². The molecule has 0 saturated heterocycles. The Bertz CT molecular complexity index is 431. The average Bonchev–Trinajstić information content (AvgIpc) is 2.29. The summed E-state index contributed by atoms with van der Waals surface area (Å²) in [5.74, 6) is -2.53. The monoisotopic (exact) mass is 322 g/mol. The van der Waals surface area contributed by atoms with E-state index in [-0.39, 0.29) is 12.2 Å². The number of halogens is 3. The Morgan fingerprint density at radius 3 is 2.41 bits per heavy atom. The molecule has 3 nitrogen and oxygen atoms in total. The molecule has 0 aromatic heterocycles. The van der Waals surface area contributed by atoms with Gasteiger partial charge in [-0.15, -0.1) is 0 Å². The lowest BCUT2D eigenvalue weighted by atomic mass is 10.1. The standard InChI is InChI=1S/C11H9BrClFO3/c1-2-17-10(16)11(13,14)9(15)7-3-5-8(12)6-4-7/h3-6H,2H2,1H3. The van der Waals surface area contributed by atoms with E-state index in [9.17, 15) is 14.0 Å². The number of Topliss-reactive ketones (excluding diaryl/α,β-unsaturated/α-hetero) is 1. The molecule has 0 N–H and O–H groups in total. The fourth-order valence-corrected chi connectivity index (χ4v) is 1.52. The summed E-state index contributed by atoms with van der Waals surface area (Å²) in [6, 6.07) is 5.82. The van der Waals surface area contributed by atoms with E-state index in [1.54, 1.807) is 12.1 Å². The van der Waals surface area contributed by atoms with E-state index in [1.807, 2.05) is 0 Å². The van der Waals surface area contributed by atoms with E-state index in [4.69, 9.17) is 11.6 Å². The number of alkyl halides is 2. The van der Waals surface area contributed by atoms with E-state index >= 15 is 0 Å². The van der Waals surface area contributed by atoms with Gasteiger partial charge in [0.2, 0.25) is 5.78 Å². The van der Waals surface area contributed by atoms with Gasteiger partial charge < -0.3 is 4.74 Å². The van der Waals surface area contributed by atoms with Crippen LogP contribution in [0.15, 0.2) is 28.7 Å². The van der Waals surface area contributed by atoms with Gasteiger partial charge in [-0.25, -0.2) is 9.18 Å². The van der Waals surface area contributed by atoms with Gasteiger partial charge in [0.05, 0.1) is 6.61 Å². The molecule has 92 valence electrons. The molecule has 0 amide bonds. The van der Waals surface area contributed by atoms with Crippen LogP contribution in [-0.2, 0) is 9.53 Å². The van der Waals surface area contributed by atoms with Crippen LogP contribution >= 0.6 is 27.5 Å². The minimum atomic E-state index is -3.18. The molecule has 1 atom stereocenters. The molecule has 0 radical (unpaired) electrons. The summed E-state index contributed by atoms with van der Waals surface area (Å²) in [5, 5.41) is -3.18. The van der Waals surface area contributed by atoms with Crippen LogP contribution in [0.1, 0.15) is 17.3 Å². The highest BCUT2D eigenvalue weighted by Crippen LogP contribution is 2.25. The molecule has 1 aromatic rings. The van der Waals surface area contributed by atoms with Gasteiger partial charge in [0.15, 0.2) is 0 Å². The highest BCUT2D eigenvalue weighted by atomic mass is 79.9. The lowest BCUT2D eigenvalue weighted by Crippen LogP contribution is -2.38. The normalized spacial score (nSPS) is 13.9. The highest BCUT2D eigenvalue weighted by molar-refractivity contribution is 9.10. The van der Waals surface area contributed by atoms with Crippen LogP contribution in [0.3, 0.4) is 0 Å². The number of esters is 1. The van der Waals surface area contributed by atoms with E-state index in [0.29, 0.717) is 0 Å². The van der Waals surface area contributed by atoms with Crippen molar-refractivity contribution in [3.8, 4) is 0 Å². The predicted molar refractivity (Wildman–Crippen MR) is 64.8 cm³/mol. The Labute approximate surface area is 111 Å². The zero-order valence-corrected chi connectivity index (χ0v) is 11.2. The van der Waals surface area contributed by atoms with Crippen LogP contribution in [0.25, 0.3) is 0 Å². The molecule has 1 unspecified atom stereocenters. The van der Waals surface area contributed by atoms with Crippen molar-refractivity contribution in [1.82, 2.24) is 0 Å². The van der Waals surface area contributed by atoms with Crippen molar-refractivity contribution < 1.29 is 18.7 Å². The maximum atomic E-state index is 13.8. The summed E-state index contributed by atoms with van der Waals surface area (Å²) in [7, 11) is 0. The number of hydrogen-bond donors (Lipinski definition) is 0. The zero-order valence-electron chi connectivity index (χ0n) is 8.88. The average molecular weight is 324 g/mol. The molecular formula is C11H9BrClFO3. The lowest BCUT2D eigenvalue weighted by molar-refractivity contribution is -0.149. The molecule has 0 bridgehead atoms. The Morgan fingerprint density at radius 1 is 1.41 bits per heavy atom. The third kappa shape index (κ3) is 3.26. The number of benzene rings is 1. The molecule has 1 aromatic carbocycles. The number of ketones is 1. The Morgan fingerprint density at radius 2 is 1.94 bits per heavy atom. The van der Waals surface area contributed by atoms with Crippen LogP contribution in [0.4, 0.5) is 4.39 Å². The smallest absolute Gasteiger partial charge is 0.368 e. The topological polar surface area (TPSA) is 43.4 Å². The Balaban J connectivity index is 2.95. The highest BCUT2D eigenvalue weighted by Gasteiger charge is 2.46. The summed E-state index contributed by atoms with van der Waals surface area (Å²) in [6.45, 7) is 1.44. The first-order chi connectivity index (χ1) is 7.89.